The Kier molecular flexibility index (Phi) is 2.90. The summed E-state index contributed by atoms with van der Waals surface area (Å²) in [6, 6.07) is 10.8. The summed E-state index contributed by atoms with van der Waals surface area (Å²) < 4.78 is 38.3. The third kappa shape index (κ3) is 2.05. The van der Waals surface area contributed by atoms with Gasteiger partial charge in [-0.15, -0.1) is 0 Å². The van der Waals surface area contributed by atoms with Gasteiger partial charge in [0.1, 0.15) is 0 Å². The zero-order valence-electron chi connectivity index (χ0n) is 8.33. The van der Waals surface area contributed by atoms with E-state index in [1.165, 1.54) is 4.57 Å². The summed E-state index contributed by atoms with van der Waals surface area (Å²) in [5.41, 5.74) is 0.724. The fraction of sp³-hybridized carbons (Fsp3) is 0.0833. The average molecular weight is 224 g/mol. The van der Waals surface area contributed by atoms with Crippen molar-refractivity contribution in [2.24, 2.45) is 0 Å². The number of rotatable bonds is 2. The van der Waals surface area contributed by atoms with Gasteiger partial charge < -0.3 is 0 Å². The number of aromatic nitrogens is 1. The van der Waals surface area contributed by atoms with Gasteiger partial charge in [-0.3, -0.25) is 0 Å². The monoisotopic (exact) mass is 224 g/mol. The van der Waals surface area contributed by atoms with Crippen LogP contribution in [0.2, 0.25) is 0 Å². The van der Waals surface area contributed by atoms with E-state index in [9.17, 15) is 13.2 Å². The van der Waals surface area contributed by atoms with Gasteiger partial charge in [0.05, 0.1) is 0 Å². The Morgan fingerprint density at radius 2 is 1.69 bits per heavy atom. The molecule has 0 N–H and O–H groups in total. The Bertz CT molecular complexity index is 539. The van der Waals surface area contributed by atoms with Crippen LogP contribution in [0.3, 0.4) is 0 Å². The van der Waals surface area contributed by atoms with Gasteiger partial charge in [0.25, 0.3) is 0 Å². The van der Waals surface area contributed by atoms with Crippen molar-refractivity contribution in [3.8, 4) is 0 Å². The largest absolute Gasteiger partial charge is 0.308 e. The first-order chi connectivity index (χ1) is 7.68. The third-order valence-corrected chi connectivity index (χ3v) is 2.30. The highest BCUT2D eigenvalue weighted by atomic mass is 19.3. The van der Waals surface area contributed by atoms with E-state index < -0.39 is 18.5 Å². The van der Waals surface area contributed by atoms with Gasteiger partial charge in [0.2, 0.25) is 17.9 Å². The highest BCUT2D eigenvalue weighted by Gasteiger charge is 2.14. The molecule has 0 aliphatic heterocycles. The van der Waals surface area contributed by atoms with Crippen LogP contribution in [-0.4, -0.2) is 0 Å². The Morgan fingerprint density at radius 1 is 1.00 bits per heavy atom. The fourth-order valence-corrected chi connectivity index (χ4v) is 1.57. The zero-order valence-corrected chi connectivity index (χ0v) is 8.33. The van der Waals surface area contributed by atoms with E-state index in [0.29, 0.717) is 0 Å². The van der Waals surface area contributed by atoms with Gasteiger partial charge in [-0.05, 0) is 12.1 Å². The molecule has 16 heavy (non-hydrogen) atoms. The lowest BCUT2D eigenvalue weighted by Crippen LogP contribution is -2.34. The lowest BCUT2D eigenvalue weighted by atomic mass is 10.2. The molecule has 0 aliphatic carbocycles. The summed E-state index contributed by atoms with van der Waals surface area (Å²) in [5.74, 6) is -1.40. The van der Waals surface area contributed by atoms with Crippen LogP contribution in [0.4, 0.5) is 13.2 Å². The van der Waals surface area contributed by atoms with Crippen LogP contribution in [0.15, 0.2) is 54.5 Å². The van der Waals surface area contributed by atoms with Gasteiger partial charge in [0, 0.05) is 17.5 Å². The van der Waals surface area contributed by atoms with Gasteiger partial charge in [-0.2, -0.15) is 17.7 Å². The smallest absolute Gasteiger partial charge is 0.199 e. The third-order valence-electron chi connectivity index (χ3n) is 2.30. The average Bonchev–Trinajstić information content (AvgIpc) is 2.29. The minimum atomic E-state index is -2.26. The summed E-state index contributed by atoms with van der Waals surface area (Å²) in [5, 5.41) is 0.886. The van der Waals surface area contributed by atoms with Gasteiger partial charge in [-0.25, -0.2) is 0 Å². The Morgan fingerprint density at radius 3 is 2.44 bits per heavy atom. The first kappa shape index (κ1) is 10.7. The molecule has 0 unspecified atom stereocenters. The molecule has 0 amide bonds. The number of hydrogen-bond acceptors (Lipinski definition) is 0. The quantitative estimate of drug-likeness (QED) is 0.689. The van der Waals surface area contributed by atoms with Crippen LogP contribution in [0.5, 0.6) is 0 Å². The van der Waals surface area contributed by atoms with Crippen molar-refractivity contribution in [2.75, 3.05) is 0 Å². The molecule has 4 heteroatoms. The van der Waals surface area contributed by atoms with Crippen molar-refractivity contribution in [2.45, 2.75) is 6.54 Å². The summed E-state index contributed by atoms with van der Waals surface area (Å²) in [7, 11) is 0. The number of pyridine rings is 1. The molecule has 0 radical (unpaired) electrons. The standard InChI is InChI=1S/C12H9F3N/c13-10(12(14)15)8-16-7-3-5-9-4-1-2-6-11(9)16/h1-7H,8H2/q+1. The lowest BCUT2D eigenvalue weighted by molar-refractivity contribution is -0.665. The molecule has 0 atom stereocenters. The van der Waals surface area contributed by atoms with E-state index in [0.717, 1.165) is 10.9 Å². The molecule has 2 aromatic rings. The predicted molar refractivity (Wildman–Crippen MR) is 54.5 cm³/mol. The van der Waals surface area contributed by atoms with Crippen molar-refractivity contribution < 1.29 is 17.7 Å². The topological polar surface area (TPSA) is 3.88 Å². The van der Waals surface area contributed by atoms with E-state index in [-0.39, 0.29) is 0 Å². The summed E-state index contributed by atoms with van der Waals surface area (Å²) >= 11 is 0. The van der Waals surface area contributed by atoms with Crippen LogP contribution in [0.1, 0.15) is 0 Å². The molecule has 0 aliphatic rings. The summed E-state index contributed by atoms with van der Waals surface area (Å²) in [6.07, 6.45) is -0.689. The molecule has 0 spiro atoms. The van der Waals surface area contributed by atoms with Crippen molar-refractivity contribution in [3.05, 3.63) is 54.5 Å². The number of benzene rings is 1. The van der Waals surface area contributed by atoms with Gasteiger partial charge in [0.15, 0.2) is 6.20 Å². The molecule has 1 heterocycles. The van der Waals surface area contributed by atoms with Crippen LogP contribution in [-0.2, 0) is 6.54 Å². The SMILES string of the molecule is FC(F)=C(F)C[n+]1cccc2ccccc21. The molecular weight excluding hydrogens is 215 g/mol. The minimum absolute atomic E-state index is 0.441. The van der Waals surface area contributed by atoms with Crippen LogP contribution in [0.25, 0.3) is 10.9 Å². The molecule has 82 valence electrons. The number of allylic oxidation sites excluding steroid dienone is 1. The van der Waals surface area contributed by atoms with Crippen LogP contribution >= 0.6 is 0 Å². The fourth-order valence-electron chi connectivity index (χ4n) is 1.57. The number of nitrogens with zero attached hydrogens (tertiary/aromatic N) is 1. The highest BCUT2D eigenvalue weighted by Crippen LogP contribution is 2.12. The number of para-hydroxylation sites is 1. The number of halogens is 3. The normalized spacial score (nSPS) is 10.4. The second-order valence-corrected chi connectivity index (χ2v) is 3.36. The molecular formula is C12H9F3N+. The van der Waals surface area contributed by atoms with Crippen LogP contribution < -0.4 is 4.57 Å². The molecule has 0 bridgehead atoms. The first-order valence-electron chi connectivity index (χ1n) is 4.75. The van der Waals surface area contributed by atoms with Crippen molar-refractivity contribution in [3.63, 3.8) is 0 Å². The van der Waals surface area contributed by atoms with Crippen LogP contribution in [0, 0.1) is 0 Å². The molecule has 0 saturated heterocycles. The Labute approximate surface area is 90.4 Å². The zero-order chi connectivity index (χ0) is 11.5. The van der Waals surface area contributed by atoms with E-state index in [1.54, 1.807) is 24.4 Å². The molecule has 0 fully saturated rings. The second-order valence-electron chi connectivity index (χ2n) is 3.36. The molecule has 1 nitrogen and oxygen atoms in total. The molecule has 0 saturated carbocycles. The summed E-state index contributed by atoms with van der Waals surface area (Å²) in [4.78, 5) is 0. The maximum Gasteiger partial charge on any atom is 0.308 e. The van der Waals surface area contributed by atoms with Crippen molar-refractivity contribution >= 4 is 10.9 Å². The molecule has 1 aromatic carbocycles. The number of hydrogen-bond donors (Lipinski definition) is 0. The van der Waals surface area contributed by atoms with E-state index >= 15 is 0 Å². The van der Waals surface area contributed by atoms with Gasteiger partial charge >= 0.3 is 6.08 Å². The molecule has 2 rings (SSSR count). The van der Waals surface area contributed by atoms with E-state index in [4.69, 9.17) is 0 Å². The first-order valence-corrected chi connectivity index (χ1v) is 4.75. The minimum Gasteiger partial charge on any atom is -0.199 e. The van der Waals surface area contributed by atoms with E-state index in [2.05, 4.69) is 0 Å². The molecule has 1 aromatic heterocycles. The summed E-state index contributed by atoms with van der Waals surface area (Å²) in [6.45, 7) is -0.441. The Hall–Kier alpha value is -1.84. The second kappa shape index (κ2) is 4.35. The highest BCUT2D eigenvalue weighted by molar-refractivity contribution is 5.74. The van der Waals surface area contributed by atoms with Crippen molar-refractivity contribution in [1.82, 2.24) is 0 Å². The van der Waals surface area contributed by atoms with Crippen molar-refractivity contribution in [1.29, 1.82) is 0 Å². The van der Waals surface area contributed by atoms with E-state index in [1.807, 2.05) is 18.2 Å². The lowest BCUT2D eigenvalue weighted by Gasteiger charge is -1.98. The number of fused-ring (bicyclic) bond motifs is 1. The Balaban J connectivity index is 2.49. The maximum atomic E-state index is 12.8. The predicted octanol–water partition coefficient (Wildman–Crippen LogP) is 3.20. The maximum absolute atomic E-state index is 12.8. The van der Waals surface area contributed by atoms with Gasteiger partial charge in [-0.1, -0.05) is 12.1 Å².